The topological polar surface area (TPSA) is 50.1 Å². The Labute approximate surface area is 161 Å². The minimum atomic E-state index is -0.0959. The largest absolute Gasteiger partial charge is 0.295 e. The van der Waals surface area contributed by atoms with Crippen molar-refractivity contribution in [2.45, 2.75) is 34.6 Å². The molecule has 3 rings (SSSR count). The first kappa shape index (κ1) is 18.4. The molecule has 0 aliphatic carbocycles. The van der Waals surface area contributed by atoms with Gasteiger partial charge < -0.3 is 0 Å². The Bertz CT molecular complexity index is 1070. The van der Waals surface area contributed by atoms with Crippen molar-refractivity contribution in [2.24, 2.45) is 4.99 Å². The molecule has 26 heavy (non-hydrogen) atoms. The Morgan fingerprint density at radius 1 is 1.04 bits per heavy atom. The number of hydrogen-bond acceptors (Lipinski definition) is 2. The van der Waals surface area contributed by atoms with Gasteiger partial charge in [0.15, 0.2) is 0 Å². The van der Waals surface area contributed by atoms with Crippen molar-refractivity contribution in [1.29, 1.82) is 0 Å². The van der Waals surface area contributed by atoms with Gasteiger partial charge in [0.1, 0.15) is 0 Å². The monoisotopic (exact) mass is 411 g/mol. The van der Waals surface area contributed by atoms with Gasteiger partial charge in [-0.1, -0.05) is 28.1 Å². The highest BCUT2D eigenvalue weighted by atomic mass is 79.9. The summed E-state index contributed by atoms with van der Waals surface area (Å²) in [4.78, 5) is 17.5. The summed E-state index contributed by atoms with van der Waals surface area (Å²) in [7, 11) is 0. The van der Waals surface area contributed by atoms with Crippen LogP contribution >= 0.6 is 15.9 Å². The van der Waals surface area contributed by atoms with Crippen LogP contribution < -0.4 is 5.56 Å². The van der Waals surface area contributed by atoms with Crippen LogP contribution in [0.25, 0.3) is 5.69 Å². The predicted octanol–water partition coefficient (Wildman–Crippen LogP) is 5.22. The van der Waals surface area contributed by atoms with Gasteiger partial charge in [-0.2, -0.15) is 0 Å². The lowest BCUT2D eigenvalue weighted by Gasteiger charge is -2.10. The summed E-state index contributed by atoms with van der Waals surface area (Å²) in [5, 5.41) is 3.18. The summed E-state index contributed by atoms with van der Waals surface area (Å²) >= 11 is 3.54. The number of nitrogens with zero attached hydrogens (tertiary/aromatic N) is 2. The van der Waals surface area contributed by atoms with E-state index in [4.69, 9.17) is 0 Å². The molecule has 0 bridgehead atoms. The fourth-order valence-electron chi connectivity index (χ4n) is 2.89. The molecule has 3 aromatic rings. The van der Waals surface area contributed by atoms with E-state index in [0.29, 0.717) is 5.56 Å². The molecule has 1 heterocycles. The van der Waals surface area contributed by atoms with Gasteiger partial charge in [-0.25, -0.2) is 4.68 Å². The van der Waals surface area contributed by atoms with Gasteiger partial charge in [0.25, 0.3) is 5.56 Å². The molecule has 0 fully saturated rings. The number of H-pyrrole nitrogens is 1. The molecule has 0 atom stereocenters. The number of aryl methyl sites for hydroxylation is 3. The first-order valence-corrected chi connectivity index (χ1v) is 9.28. The number of benzene rings is 2. The maximum atomic E-state index is 12.9. The Kier molecular flexibility index (Phi) is 5.01. The summed E-state index contributed by atoms with van der Waals surface area (Å²) in [6.45, 7) is 9.99. The first-order valence-electron chi connectivity index (χ1n) is 8.48. The number of hydrogen-bond donors (Lipinski definition) is 1. The van der Waals surface area contributed by atoms with Gasteiger partial charge in [-0.05, 0) is 75.1 Å². The highest BCUT2D eigenvalue weighted by Gasteiger charge is 2.14. The van der Waals surface area contributed by atoms with Crippen molar-refractivity contribution >= 4 is 27.8 Å². The van der Waals surface area contributed by atoms with Crippen LogP contribution in [-0.2, 0) is 0 Å². The molecule has 0 aliphatic rings. The third-order valence-electron chi connectivity index (χ3n) is 4.75. The molecule has 1 N–H and O–H groups in total. The Hall–Kier alpha value is -2.40. The van der Waals surface area contributed by atoms with E-state index >= 15 is 0 Å². The second-order valence-electron chi connectivity index (χ2n) is 6.66. The van der Waals surface area contributed by atoms with Crippen LogP contribution in [0, 0.1) is 34.6 Å². The Morgan fingerprint density at radius 3 is 2.50 bits per heavy atom. The van der Waals surface area contributed by atoms with Crippen LogP contribution in [0.3, 0.4) is 0 Å². The van der Waals surface area contributed by atoms with Gasteiger partial charge in [-0.15, -0.1) is 0 Å². The smallest absolute Gasteiger partial charge is 0.280 e. The van der Waals surface area contributed by atoms with Gasteiger partial charge in [0, 0.05) is 16.4 Å². The molecule has 4 nitrogen and oxygen atoms in total. The van der Waals surface area contributed by atoms with Crippen LogP contribution in [0.4, 0.5) is 5.69 Å². The Balaban J connectivity index is 2.07. The van der Waals surface area contributed by atoms with Gasteiger partial charge in [0.05, 0.1) is 16.9 Å². The fraction of sp³-hybridized carbons (Fsp3) is 0.238. The molecule has 134 valence electrons. The van der Waals surface area contributed by atoms with E-state index in [0.717, 1.165) is 43.8 Å². The lowest BCUT2D eigenvalue weighted by molar-refractivity contribution is 0.827. The lowest BCUT2D eigenvalue weighted by Crippen LogP contribution is -2.18. The van der Waals surface area contributed by atoms with Crippen molar-refractivity contribution in [1.82, 2.24) is 9.78 Å². The van der Waals surface area contributed by atoms with E-state index in [1.54, 1.807) is 10.9 Å². The number of aromatic nitrogens is 2. The average molecular weight is 412 g/mol. The van der Waals surface area contributed by atoms with Crippen LogP contribution in [0.2, 0.25) is 0 Å². The molecule has 2 aromatic carbocycles. The van der Waals surface area contributed by atoms with E-state index in [9.17, 15) is 4.79 Å². The zero-order valence-electron chi connectivity index (χ0n) is 15.6. The molecule has 5 heteroatoms. The number of nitrogens with one attached hydrogen (secondary N) is 1. The van der Waals surface area contributed by atoms with Crippen molar-refractivity contribution in [2.75, 3.05) is 0 Å². The summed E-state index contributed by atoms with van der Waals surface area (Å²) in [5.41, 5.74) is 7.41. The minimum absolute atomic E-state index is 0.0959. The predicted molar refractivity (Wildman–Crippen MR) is 111 cm³/mol. The number of rotatable bonds is 3. The summed E-state index contributed by atoms with van der Waals surface area (Å²) in [6, 6.07) is 10.0. The zero-order chi connectivity index (χ0) is 19.0. The number of aliphatic imine (C=N–C) groups is 1. The van der Waals surface area contributed by atoms with Crippen LogP contribution in [-0.4, -0.2) is 16.0 Å². The van der Waals surface area contributed by atoms with Crippen molar-refractivity contribution in [3.05, 3.63) is 78.7 Å². The van der Waals surface area contributed by atoms with Gasteiger partial charge >= 0.3 is 0 Å². The van der Waals surface area contributed by atoms with E-state index < -0.39 is 0 Å². The summed E-state index contributed by atoms with van der Waals surface area (Å²) in [6.07, 6.45) is 1.66. The highest BCUT2D eigenvalue weighted by molar-refractivity contribution is 9.10. The quantitative estimate of drug-likeness (QED) is 0.589. The second-order valence-corrected chi connectivity index (χ2v) is 7.51. The second kappa shape index (κ2) is 7.08. The molecular formula is C21H22BrN3O. The van der Waals surface area contributed by atoms with Crippen molar-refractivity contribution < 1.29 is 0 Å². The number of halogens is 1. The fourth-order valence-corrected chi connectivity index (χ4v) is 3.32. The molecular weight excluding hydrogens is 390 g/mol. The maximum absolute atomic E-state index is 12.9. The molecule has 0 saturated carbocycles. The first-order chi connectivity index (χ1) is 12.3. The molecule has 0 aliphatic heterocycles. The van der Waals surface area contributed by atoms with Crippen LogP contribution in [0.5, 0.6) is 0 Å². The third-order valence-corrected chi connectivity index (χ3v) is 5.61. The van der Waals surface area contributed by atoms with Crippen LogP contribution in [0.15, 0.2) is 44.6 Å². The SMILES string of the molecule is Cc1ccc(C)c(N=Cc2c(C)[nH]n(-c3ccc(Br)c(C)c3C)c2=O)c1. The van der Waals surface area contributed by atoms with Gasteiger partial charge in [0.2, 0.25) is 0 Å². The van der Waals surface area contributed by atoms with E-state index in [1.807, 2.05) is 58.9 Å². The highest BCUT2D eigenvalue weighted by Crippen LogP contribution is 2.24. The normalized spacial score (nSPS) is 11.5. The third kappa shape index (κ3) is 3.31. The minimum Gasteiger partial charge on any atom is -0.295 e. The van der Waals surface area contributed by atoms with E-state index in [1.165, 1.54) is 0 Å². The number of aromatic amines is 1. The molecule has 0 spiro atoms. The summed E-state index contributed by atoms with van der Waals surface area (Å²) in [5.74, 6) is 0. The van der Waals surface area contributed by atoms with Gasteiger partial charge in [-0.3, -0.25) is 14.9 Å². The molecule has 0 saturated heterocycles. The van der Waals surface area contributed by atoms with Crippen molar-refractivity contribution in [3.8, 4) is 5.69 Å². The lowest BCUT2D eigenvalue weighted by atomic mass is 10.1. The van der Waals surface area contributed by atoms with E-state index in [2.05, 4.69) is 32.1 Å². The van der Waals surface area contributed by atoms with Crippen molar-refractivity contribution in [3.63, 3.8) is 0 Å². The zero-order valence-corrected chi connectivity index (χ0v) is 17.2. The standard InChI is InChI=1S/C21H22BrN3O/c1-12-6-7-13(2)19(10-12)23-11-17-16(5)24-25(21(17)26)20-9-8-18(22)14(3)15(20)4/h6-11,24H,1-5H3. The maximum Gasteiger partial charge on any atom is 0.280 e. The molecule has 0 unspecified atom stereocenters. The van der Waals surface area contributed by atoms with Crippen LogP contribution in [0.1, 0.15) is 33.5 Å². The molecule has 0 radical (unpaired) electrons. The Morgan fingerprint density at radius 2 is 1.77 bits per heavy atom. The summed E-state index contributed by atoms with van der Waals surface area (Å²) < 4.78 is 2.63. The average Bonchev–Trinajstić information content (AvgIpc) is 2.88. The molecule has 1 aromatic heterocycles. The molecule has 0 amide bonds. The van der Waals surface area contributed by atoms with E-state index in [-0.39, 0.29) is 5.56 Å².